The van der Waals surface area contributed by atoms with Crippen molar-refractivity contribution in [3.05, 3.63) is 35.1 Å². The van der Waals surface area contributed by atoms with Crippen LogP contribution in [0.1, 0.15) is 5.82 Å². The summed E-state index contributed by atoms with van der Waals surface area (Å²) in [7, 11) is 3.75. The van der Waals surface area contributed by atoms with Crippen LogP contribution in [-0.2, 0) is 13.6 Å². The van der Waals surface area contributed by atoms with Crippen molar-refractivity contribution in [3.8, 4) is 11.4 Å². The highest BCUT2D eigenvalue weighted by Crippen LogP contribution is 2.24. The van der Waals surface area contributed by atoms with E-state index < -0.39 is 0 Å². The number of hydrogen-bond acceptors (Lipinski definition) is 3. The Morgan fingerprint density at radius 2 is 2.12 bits per heavy atom. The number of nitrogens with one attached hydrogen (secondary N) is 1. The van der Waals surface area contributed by atoms with E-state index in [2.05, 4.69) is 15.4 Å². The van der Waals surface area contributed by atoms with Crippen molar-refractivity contribution in [3.63, 3.8) is 0 Å². The lowest BCUT2D eigenvalue weighted by atomic mass is 10.2. The molecule has 2 aromatic rings. The molecule has 0 fully saturated rings. The van der Waals surface area contributed by atoms with Crippen LogP contribution in [0.5, 0.6) is 0 Å². The van der Waals surface area contributed by atoms with Gasteiger partial charge in [0, 0.05) is 12.6 Å². The number of nitrogens with zero attached hydrogens (tertiary/aromatic N) is 3. The average Bonchev–Trinajstić information content (AvgIpc) is 2.61. The number of aromatic nitrogens is 3. The molecule has 0 spiro atoms. The zero-order chi connectivity index (χ0) is 11.5. The molecule has 0 saturated carbocycles. The van der Waals surface area contributed by atoms with E-state index in [9.17, 15) is 0 Å². The molecule has 0 saturated heterocycles. The summed E-state index contributed by atoms with van der Waals surface area (Å²) in [5, 5.41) is 8.06. The molecular weight excluding hydrogens is 224 g/mol. The zero-order valence-electron chi connectivity index (χ0n) is 9.24. The smallest absolute Gasteiger partial charge is 0.182 e. The Labute approximate surface area is 99.3 Å². The van der Waals surface area contributed by atoms with Crippen molar-refractivity contribution in [2.45, 2.75) is 6.54 Å². The third-order valence-corrected chi connectivity index (χ3v) is 2.63. The molecule has 0 radical (unpaired) electrons. The Kier molecular flexibility index (Phi) is 3.22. The Balaban J connectivity index is 2.42. The second-order valence-electron chi connectivity index (χ2n) is 3.49. The van der Waals surface area contributed by atoms with Gasteiger partial charge < -0.3 is 5.32 Å². The van der Waals surface area contributed by atoms with E-state index in [0.29, 0.717) is 17.4 Å². The van der Waals surface area contributed by atoms with Crippen LogP contribution in [0.15, 0.2) is 24.3 Å². The zero-order valence-corrected chi connectivity index (χ0v) is 9.99. The van der Waals surface area contributed by atoms with Crippen molar-refractivity contribution < 1.29 is 0 Å². The molecule has 0 bridgehead atoms. The number of hydrogen-bond donors (Lipinski definition) is 1. The molecule has 0 aliphatic carbocycles. The van der Waals surface area contributed by atoms with Crippen LogP contribution >= 0.6 is 11.6 Å². The molecule has 16 heavy (non-hydrogen) atoms. The van der Waals surface area contributed by atoms with E-state index >= 15 is 0 Å². The normalized spacial score (nSPS) is 10.7. The van der Waals surface area contributed by atoms with Gasteiger partial charge in [-0.05, 0) is 19.2 Å². The lowest BCUT2D eigenvalue weighted by molar-refractivity contribution is 0.660. The van der Waals surface area contributed by atoms with Gasteiger partial charge in [-0.15, -0.1) is 0 Å². The maximum Gasteiger partial charge on any atom is 0.182 e. The van der Waals surface area contributed by atoms with Crippen LogP contribution < -0.4 is 5.32 Å². The van der Waals surface area contributed by atoms with Gasteiger partial charge in [-0.1, -0.05) is 23.7 Å². The lowest BCUT2D eigenvalue weighted by Crippen LogP contribution is -2.10. The highest BCUT2D eigenvalue weighted by atomic mass is 35.5. The Morgan fingerprint density at radius 3 is 2.81 bits per heavy atom. The number of aryl methyl sites for hydroxylation is 1. The second-order valence-corrected chi connectivity index (χ2v) is 3.89. The van der Waals surface area contributed by atoms with Crippen LogP contribution in [0.25, 0.3) is 11.4 Å². The Morgan fingerprint density at radius 1 is 1.38 bits per heavy atom. The topological polar surface area (TPSA) is 42.7 Å². The van der Waals surface area contributed by atoms with Crippen molar-refractivity contribution in [1.29, 1.82) is 0 Å². The Bertz CT molecular complexity index is 492. The van der Waals surface area contributed by atoms with Gasteiger partial charge in [0.2, 0.25) is 0 Å². The van der Waals surface area contributed by atoms with Gasteiger partial charge in [-0.2, -0.15) is 5.10 Å². The van der Waals surface area contributed by atoms with Crippen LogP contribution in [-0.4, -0.2) is 21.8 Å². The predicted molar refractivity (Wildman–Crippen MR) is 64.2 cm³/mol. The maximum absolute atomic E-state index is 6.09. The molecule has 5 heteroatoms. The number of halogens is 1. The molecule has 0 aliphatic rings. The highest BCUT2D eigenvalue weighted by Gasteiger charge is 2.10. The summed E-state index contributed by atoms with van der Waals surface area (Å²) in [5.41, 5.74) is 0.863. The second kappa shape index (κ2) is 4.63. The van der Waals surface area contributed by atoms with E-state index in [0.717, 1.165) is 11.4 Å². The van der Waals surface area contributed by atoms with Crippen molar-refractivity contribution >= 4 is 11.6 Å². The fraction of sp³-hybridized carbons (Fsp3) is 0.273. The van der Waals surface area contributed by atoms with Crippen molar-refractivity contribution in [2.75, 3.05) is 7.05 Å². The summed E-state index contributed by atoms with van der Waals surface area (Å²) >= 11 is 6.09. The summed E-state index contributed by atoms with van der Waals surface area (Å²) < 4.78 is 1.76. The first-order chi connectivity index (χ1) is 7.72. The number of benzene rings is 1. The summed E-state index contributed by atoms with van der Waals surface area (Å²) in [6, 6.07) is 7.57. The van der Waals surface area contributed by atoms with E-state index in [1.165, 1.54) is 0 Å². The van der Waals surface area contributed by atoms with Gasteiger partial charge in [0.15, 0.2) is 5.82 Å². The predicted octanol–water partition coefficient (Wildman–Crippen LogP) is 1.85. The third-order valence-electron chi connectivity index (χ3n) is 2.30. The molecule has 0 aliphatic heterocycles. The largest absolute Gasteiger partial charge is 0.313 e. The molecule has 84 valence electrons. The molecule has 0 atom stereocenters. The minimum Gasteiger partial charge on any atom is -0.313 e. The molecular formula is C11H13ClN4. The first kappa shape index (κ1) is 11.1. The van der Waals surface area contributed by atoms with Crippen LogP contribution in [0.3, 0.4) is 0 Å². The molecule has 0 amide bonds. The lowest BCUT2D eigenvalue weighted by Gasteiger charge is -1.96. The number of rotatable bonds is 3. The molecule has 2 rings (SSSR count). The standard InChI is InChI=1S/C11H13ClN4/c1-13-7-10-14-11(15-16(10)2)8-5-3-4-6-9(8)12/h3-6,13H,7H2,1-2H3. The molecule has 0 unspecified atom stereocenters. The average molecular weight is 237 g/mol. The van der Waals surface area contributed by atoms with Gasteiger partial charge in [0.25, 0.3) is 0 Å². The monoisotopic (exact) mass is 236 g/mol. The van der Waals surface area contributed by atoms with E-state index in [1.807, 2.05) is 38.4 Å². The van der Waals surface area contributed by atoms with Gasteiger partial charge in [0.1, 0.15) is 5.82 Å². The van der Waals surface area contributed by atoms with Crippen molar-refractivity contribution in [1.82, 2.24) is 20.1 Å². The van der Waals surface area contributed by atoms with Crippen LogP contribution in [0.2, 0.25) is 5.02 Å². The molecule has 4 nitrogen and oxygen atoms in total. The molecule has 1 aromatic heterocycles. The summed E-state index contributed by atoms with van der Waals surface area (Å²) in [5.74, 6) is 1.55. The molecule has 1 N–H and O–H groups in total. The van der Waals surface area contributed by atoms with Gasteiger partial charge >= 0.3 is 0 Å². The molecule has 1 aromatic carbocycles. The quantitative estimate of drug-likeness (QED) is 0.885. The van der Waals surface area contributed by atoms with Gasteiger partial charge in [-0.3, -0.25) is 4.68 Å². The van der Waals surface area contributed by atoms with Crippen molar-refractivity contribution in [2.24, 2.45) is 7.05 Å². The maximum atomic E-state index is 6.09. The van der Waals surface area contributed by atoms with Gasteiger partial charge in [0.05, 0.1) is 11.6 Å². The summed E-state index contributed by atoms with van der Waals surface area (Å²) in [6.07, 6.45) is 0. The molecule has 1 heterocycles. The SMILES string of the molecule is CNCc1nc(-c2ccccc2Cl)nn1C. The summed E-state index contributed by atoms with van der Waals surface area (Å²) in [6.45, 7) is 0.688. The van der Waals surface area contributed by atoms with E-state index in [1.54, 1.807) is 4.68 Å². The highest BCUT2D eigenvalue weighted by molar-refractivity contribution is 6.33. The van der Waals surface area contributed by atoms with Crippen LogP contribution in [0, 0.1) is 0 Å². The first-order valence-electron chi connectivity index (χ1n) is 5.02. The van der Waals surface area contributed by atoms with Gasteiger partial charge in [-0.25, -0.2) is 4.98 Å². The first-order valence-corrected chi connectivity index (χ1v) is 5.39. The fourth-order valence-electron chi connectivity index (χ4n) is 1.49. The minimum atomic E-state index is 0.665. The fourth-order valence-corrected chi connectivity index (χ4v) is 1.71. The van der Waals surface area contributed by atoms with E-state index in [-0.39, 0.29) is 0 Å². The Hall–Kier alpha value is -1.39. The van der Waals surface area contributed by atoms with Crippen LogP contribution in [0.4, 0.5) is 0 Å². The van der Waals surface area contributed by atoms with E-state index in [4.69, 9.17) is 11.6 Å². The minimum absolute atomic E-state index is 0.665. The third kappa shape index (κ3) is 2.08. The summed E-state index contributed by atoms with van der Waals surface area (Å²) in [4.78, 5) is 4.44.